The third kappa shape index (κ3) is 6.14. The van der Waals surface area contributed by atoms with E-state index >= 15 is 0 Å². The molecule has 0 unspecified atom stereocenters. The van der Waals surface area contributed by atoms with Gasteiger partial charge in [0.2, 0.25) is 5.91 Å². The molecule has 2 aromatic heterocycles. The predicted octanol–water partition coefficient (Wildman–Crippen LogP) is 0.436. The van der Waals surface area contributed by atoms with Crippen molar-refractivity contribution in [1.29, 1.82) is 0 Å². The third-order valence-corrected chi connectivity index (χ3v) is 4.06. The summed E-state index contributed by atoms with van der Waals surface area (Å²) in [6.07, 6.45) is 1.15. The van der Waals surface area contributed by atoms with Crippen molar-refractivity contribution in [2.24, 2.45) is 14.1 Å². The van der Waals surface area contributed by atoms with Gasteiger partial charge in [0.05, 0.1) is 0 Å². The van der Waals surface area contributed by atoms with E-state index < -0.39 is 5.91 Å². The van der Waals surface area contributed by atoms with E-state index in [2.05, 4.69) is 26.1 Å². The first-order chi connectivity index (χ1) is 13.7. The van der Waals surface area contributed by atoms with Crippen LogP contribution in [0.4, 0.5) is 11.6 Å². The lowest BCUT2D eigenvalue weighted by molar-refractivity contribution is -0.116. The van der Waals surface area contributed by atoms with Crippen molar-refractivity contribution >= 4 is 29.4 Å². The molecule has 3 amide bonds. The van der Waals surface area contributed by atoms with Gasteiger partial charge in [-0.2, -0.15) is 10.2 Å². The summed E-state index contributed by atoms with van der Waals surface area (Å²) in [5.74, 6) is -0.160. The summed E-state index contributed by atoms with van der Waals surface area (Å²) in [5, 5.41) is 16.4. The Hall–Kier alpha value is -3.21. The summed E-state index contributed by atoms with van der Waals surface area (Å²) in [7, 11) is 7.04. The summed E-state index contributed by atoms with van der Waals surface area (Å²) < 4.78 is 2.83. The molecule has 0 spiro atoms. The normalized spacial score (nSPS) is 10.8. The van der Waals surface area contributed by atoms with E-state index in [1.807, 2.05) is 25.9 Å². The lowest BCUT2D eigenvalue weighted by Gasteiger charge is -2.09. The first-order valence-corrected chi connectivity index (χ1v) is 9.33. The molecule has 2 aromatic rings. The molecule has 0 atom stereocenters. The van der Waals surface area contributed by atoms with E-state index in [0.717, 1.165) is 6.42 Å². The summed E-state index contributed by atoms with van der Waals surface area (Å²) >= 11 is 0. The van der Waals surface area contributed by atoms with Gasteiger partial charge in [-0.05, 0) is 20.5 Å². The highest BCUT2D eigenvalue weighted by Gasteiger charge is 2.18. The van der Waals surface area contributed by atoms with Crippen LogP contribution in [0.15, 0.2) is 12.1 Å². The molecule has 0 saturated carbocycles. The summed E-state index contributed by atoms with van der Waals surface area (Å²) in [5.41, 5.74) is 0.347. The van der Waals surface area contributed by atoms with Crippen LogP contribution in [-0.2, 0) is 18.9 Å². The summed E-state index contributed by atoms with van der Waals surface area (Å²) in [6.45, 7) is 3.12. The van der Waals surface area contributed by atoms with Crippen molar-refractivity contribution in [2.75, 3.05) is 37.8 Å². The molecule has 0 bridgehead atoms. The van der Waals surface area contributed by atoms with Crippen molar-refractivity contribution in [2.45, 2.75) is 19.8 Å². The maximum absolute atomic E-state index is 12.5. The number of nitrogens with one attached hydrogen (secondary N) is 3. The lowest BCUT2D eigenvalue weighted by atomic mass is 10.3. The van der Waals surface area contributed by atoms with Crippen LogP contribution in [0.2, 0.25) is 0 Å². The Morgan fingerprint density at radius 3 is 2.07 bits per heavy atom. The summed E-state index contributed by atoms with van der Waals surface area (Å²) in [6, 6.07) is 2.99. The van der Waals surface area contributed by atoms with Crippen molar-refractivity contribution in [3.8, 4) is 0 Å². The maximum Gasteiger partial charge on any atom is 0.277 e. The van der Waals surface area contributed by atoms with Gasteiger partial charge in [-0.15, -0.1) is 0 Å². The van der Waals surface area contributed by atoms with Crippen LogP contribution in [0.5, 0.6) is 0 Å². The Kier molecular flexibility index (Phi) is 7.48. The number of aryl methyl sites for hydroxylation is 2. The van der Waals surface area contributed by atoms with Crippen LogP contribution in [0.1, 0.15) is 40.7 Å². The highest BCUT2D eigenvalue weighted by Crippen LogP contribution is 2.14. The zero-order valence-corrected chi connectivity index (χ0v) is 17.4. The molecule has 158 valence electrons. The number of carbonyl (C=O) groups excluding carboxylic acids is 3. The second-order valence-electron chi connectivity index (χ2n) is 6.89. The second kappa shape index (κ2) is 9.82. The van der Waals surface area contributed by atoms with Gasteiger partial charge >= 0.3 is 0 Å². The van der Waals surface area contributed by atoms with Gasteiger partial charge in [-0.3, -0.25) is 23.7 Å². The number of aromatic nitrogens is 4. The van der Waals surface area contributed by atoms with Crippen LogP contribution in [-0.4, -0.2) is 69.4 Å². The van der Waals surface area contributed by atoms with Gasteiger partial charge in [0, 0.05) is 45.7 Å². The lowest BCUT2D eigenvalue weighted by Crippen LogP contribution is -2.24. The first-order valence-electron chi connectivity index (χ1n) is 9.33. The van der Waals surface area contributed by atoms with Gasteiger partial charge < -0.3 is 20.9 Å². The highest BCUT2D eigenvalue weighted by molar-refractivity contribution is 6.04. The van der Waals surface area contributed by atoms with Gasteiger partial charge in [0.15, 0.2) is 11.4 Å². The fourth-order valence-corrected chi connectivity index (χ4v) is 2.43. The van der Waals surface area contributed by atoms with E-state index in [9.17, 15) is 14.4 Å². The Bertz CT molecular complexity index is 884. The minimum Gasteiger partial charge on any atom is -0.351 e. The van der Waals surface area contributed by atoms with Crippen LogP contribution in [0.25, 0.3) is 0 Å². The number of hydrogen-bond donors (Lipinski definition) is 3. The number of rotatable bonds is 9. The fraction of sp³-hybridized carbons (Fsp3) is 0.500. The fourth-order valence-electron chi connectivity index (χ4n) is 2.43. The van der Waals surface area contributed by atoms with E-state index in [-0.39, 0.29) is 23.2 Å². The van der Waals surface area contributed by atoms with Crippen molar-refractivity contribution in [1.82, 2.24) is 29.8 Å². The maximum atomic E-state index is 12.5. The molecular weight excluding hydrogens is 376 g/mol. The zero-order chi connectivity index (χ0) is 21.6. The predicted molar refractivity (Wildman–Crippen MR) is 109 cm³/mol. The molecular formula is C18H28N8O3. The molecule has 0 aliphatic heterocycles. The molecule has 0 fully saturated rings. The SMILES string of the molecule is CCCNC(=O)c1cc(NC(=O)c2cc(NC(=O)CCN(C)C)n(C)n2)n(C)n1. The van der Waals surface area contributed by atoms with Gasteiger partial charge in [0.25, 0.3) is 11.8 Å². The van der Waals surface area contributed by atoms with Crippen molar-refractivity contribution in [3.63, 3.8) is 0 Å². The largest absolute Gasteiger partial charge is 0.351 e. The molecule has 2 heterocycles. The number of anilines is 2. The van der Waals surface area contributed by atoms with Crippen molar-refractivity contribution < 1.29 is 14.4 Å². The quantitative estimate of drug-likeness (QED) is 0.557. The summed E-state index contributed by atoms with van der Waals surface area (Å²) in [4.78, 5) is 38.5. The molecule has 11 heteroatoms. The average molecular weight is 404 g/mol. The second-order valence-corrected chi connectivity index (χ2v) is 6.89. The minimum atomic E-state index is -0.474. The monoisotopic (exact) mass is 404 g/mol. The molecule has 2 rings (SSSR count). The average Bonchev–Trinajstić information content (AvgIpc) is 3.21. The van der Waals surface area contributed by atoms with Gasteiger partial charge in [0.1, 0.15) is 11.6 Å². The number of hydrogen-bond acceptors (Lipinski definition) is 6. The van der Waals surface area contributed by atoms with E-state index in [0.29, 0.717) is 31.1 Å². The zero-order valence-electron chi connectivity index (χ0n) is 17.4. The third-order valence-electron chi connectivity index (χ3n) is 4.06. The first kappa shape index (κ1) is 22.1. The molecule has 0 saturated heterocycles. The van der Waals surface area contributed by atoms with Crippen LogP contribution in [0, 0.1) is 0 Å². The van der Waals surface area contributed by atoms with Crippen LogP contribution in [0.3, 0.4) is 0 Å². The van der Waals surface area contributed by atoms with Crippen molar-refractivity contribution in [3.05, 3.63) is 23.5 Å². The smallest absolute Gasteiger partial charge is 0.277 e. The molecule has 0 radical (unpaired) electrons. The standard InChI is InChI=1S/C18H28N8O3/c1-6-8-19-17(28)12-10-15(26(5)22-12)21-18(29)13-11-14(25(4)23-13)20-16(27)7-9-24(2)3/h10-11H,6-9H2,1-5H3,(H,19,28)(H,20,27)(H,21,29). The van der Waals surface area contributed by atoms with Crippen LogP contribution < -0.4 is 16.0 Å². The molecule has 29 heavy (non-hydrogen) atoms. The van der Waals surface area contributed by atoms with Gasteiger partial charge in [-0.25, -0.2) is 0 Å². The topological polar surface area (TPSA) is 126 Å². The van der Waals surface area contributed by atoms with E-state index in [4.69, 9.17) is 0 Å². The Morgan fingerprint density at radius 2 is 1.52 bits per heavy atom. The number of carbonyl (C=O) groups is 3. The Balaban J connectivity index is 2.04. The molecule has 0 aliphatic carbocycles. The number of nitrogens with zero attached hydrogens (tertiary/aromatic N) is 5. The molecule has 3 N–H and O–H groups in total. The van der Waals surface area contributed by atoms with Crippen LogP contribution >= 0.6 is 0 Å². The molecule has 0 aromatic carbocycles. The molecule has 11 nitrogen and oxygen atoms in total. The Morgan fingerprint density at radius 1 is 0.966 bits per heavy atom. The molecule has 0 aliphatic rings. The Labute approximate surface area is 169 Å². The van der Waals surface area contributed by atoms with Gasteiger partial charge in [-0.1, -0.05) is 6.92 Å². The minimum absolute atomic E-state index is 0.133. The highest BCUT2D eigenvalue weighted by atomic mass is 16.2. The van der Waals surface area contributed by atoms with E-state index in [1.165, 1.54) is 21.5 Å². The van der Waals surface area contributed by atoms with E-state index in [1.54, 1.807) is 14.1 Å². The number of amides is 3.